The molecule has 0 saturated carbocycles. The molecule has 100 valence electrons. The quantitative estimate of drug-likeness (QED) is 0.867. The maximum absolute atomic E-state index is 13.3. The van der Waals surface area contributed by atoms with Crippen LogP contribution >= 0.6 is 0 Å². The summed E-state index contributed by atoms with van der Waals surface area (Å²) in [4.78, 5) is 13.5. The van der Waals surface area contributed by atoms with Crippen LogP contribution in [0.15, 0.2) is 4.52 Å². The molecule has 1 N–H and O–H groups in total. The van der Waals surface area contributed by atoms with Gasteiger partial charge in [0.1, 0.15) is 11.9 Å². The van der Waals surface area contributed by atoms with Gasteiger partial charge in [-0.05, 0) is 13.8 Å². The number of rotatable bonds is 3. The lowest BCUT2D eigenvalue weighted by molar-refractivity contribution is -0.132. The maximum Gasteiger partial charge on any atom is 0.227 e. The lowest BCUT2D eigenvalue weighted by Crippen LogP contribution is -2.38. The molecule has 0 unspecified atom stereocenters. The first kappa shape index (κ1) is 13.0. The van der Waals surface area contributed by atoms with Crippen LogP contribution in [0.1, 0.15) is 23.4 Å². The summed E-state index contributed by atoms with van der Waals surface area (Å²) < 4.78 is 18.3. The predicted molar refractivity (Wildman–Crippen MR) is 61.8 cm³/mol. The Labute approximate surface area is 105 Å². The van der Waals surface area contributed by atoms with Gasteiger partial charge in [0.15, 0.2) is 0 Å². The second kappa shape index (κ2) is 5.06. The molecule has 2 atom stereocenters. The van der Waals surface area contributed by atoms with Crippen molar-refractivity contribution in [2.45, 2.75) is 38.9 Å². The van der Waals surface area contributed by atoms with Crippen molar-refractivity contribution in [3.8, 4) is 0 Å². The molecule has 18 heavy (non-hydrogen) atoms. The highest BCUT2D eigenvalue weighted by Gasteiger charge is 2.35. The highest BCUT2D eigenvalue weighted by atomic mass is 19.1. The van der Waals surface area contributed by atoms with E-state index in [0.29, 0.717) is 11.5 Å². The van der Waals surface area contributed by atoms with Crippen molar-refractivity contribution in [1.82, 2.24) is 10.1 Å². The summed E-state index contributed by atoms with van der Waals surface area (Å²) in [6.07, 6.45) is -0.690. The van der Waals surface area contributed by atoms with Gasteiger partial charge in [0.05, 0.1) is 31.3 Å². The zero-order chi connectivity index (χ0) is 13.3. The molecule has 6 heteroatoms. The molecule has 1 aliphatic heterocycles. The summed E-state index contributed by atoms with van der Waals surface area (Å²) in [6.45, 7) is 3.37. The minimum Gasteiger partial charge on any atom is -0.394 e. The number of halogens is 1. The average Bonchev–Trinajstić information content (AvgIpc) is 2.86. The fraction of sp³-hybridized carbons (Fsp3) is 0.667. The van der Waals surface area contributed by atoms with E-state index in [2.05, 4.69) is 5.16 Å². The van der Waals surface area contributed by atoms with Crippen molar-refractivity contribution < 1.29 is 18.8 Å². The number of nitrogens with zero attached hydrogens (tertiary/aromatic N) is 2. The number of carbonyl (C=O) groups is 1. The number of aryl methyl sites for hydroxylation is 2. The Bertz CT molecular complexity index is 427. The molecule has 1 aromatic rings. The molecule has 1 aliphatic rings. The average molecular weight is 256 g/mol. The molecule has 0 spiro atoms. The molecular weight excluding hydrogens is 239 g/mol. The topological polar surface area (TPSA) is 66.6 Å². The zero-order valence-electron chi connectivity index (χ0n) is 10.5. The molecule has 0 aliphatic carbocycles. The van der Waals surface area contributed by atoms with Gasteiger partial charge in [-0.15, -0.1) is 0 Å². The van der Waals surface area contributed by atoms with Gasteiger partial charge in [-0.25, -0.2) is 4.39 Å². The lowest BCUT2D eigenvalue weighted by atomic mass is 10.1. The molecule has 0 aromatic carbocycles. The molecule has 1 saturated heterocycles. The van der Waals surface area contributed by atoms with Gasteiger partial charge in [-0.1, -0.05) is 5.16 Å². The van der Waals surface area contributed by atoms with Crippen LogP contribution in [0.4, 0.5) is 4.39 Å². The Kier molecular flexibility index (Phi) is 3.65. The van der Waals surface area contributed by atoms with E-state index in [0.717, 1.165) is 5.56 Å². The van der Waals surface area contributed by atoms with Crippen molar-refractivity contribution in [3.05, 3.63) is 17.0 Å². The van der Waals surface area contributed by atoms with E-state index in [1.54, 1.807) is 13.8 Å². The molecule has 0 bridgehead atoms. The Morgan fingerprint density at radius 2 is 2.33 bits per heavy atom. The summed E-state index contributed by atoms with van der Waals surface area (Å²) in [5.74, 6) is 0.418. The van der Waals surface area contributed by atoms with E-state index in [1.165, 1.54) is 4.90 Å². The van der Waals surface area contributed by atoms with Crippen molar-refractivity contribution >= 4 is 5.91 Å². The minimum absolute atomic E-state index is 0.0629. The van der Waals surface area contributed by atoms with Crippen molar-refractivity contribution in [2.75, 3.05) is 13.2 Å². The number of hydrogen-bond acceptors (Lipinski definition) is 4. The maximum atomic E-state index is 13.3. The van der Waals surface area contributed by atoms with Gasteiger partial charge in [0.2, 0.25) is 5.91 Å². The standard InChI is InChI=1S/C12H17FN2O3/c1-7-11(8(2)18-14-7)4-12(17)15-5-9(13)3-10(15)6-16/h9-10,16H,3-6H2,1-2H3/t9-,10-/m0/s1. The highest BCUT2D eigenvalue weighted by molar-refractivity contribution is 5.80. The molecule has 2 rings (SSSR count). The van der Waals surface area contributed by atoms with E-state index >= 15 is 0 Å². The van der Waals surface area contributed by atoms with Crippen molar-refractivity contribution in [3.63, 3.8) is 0 Å². The number of carbonyl (C=O) groups excluding carboxylic acids is 1. The van der Waals surface area contributed by atoms with Crippen LogP contribution in [0.5, 0.6) is 0 Å². The van der Waals surface area contributed by atoms with Crippen LogP contribution in [-0.4, -0.2) is 46.4 Å². The Morgan fingerprint density at radius 3 is 2.89 bits per heavy atom. The first-order valence-corrected chi connectivity index (χ1v) is 5.99. The van der Waals surface area contributed by atoms with Crippen molar-refractivity contribution in [1.29, 1.82) is 0 Å². The number of hydrogen-bond donors (Lipinski definition) is 1. The summed E-state index contributed by atoms with van der Waals surface area (Å²) in [6, 6.07) is -0.409. The summed E-state index contributed by atoms with van der Waals surface area (Å²) in [5, 5.41) is 12.9. The first-order chi connectivity index (χ1) is 8.52. The fourth-order valence-electron chi connectivity index (χ4n) is 2.35. The van der Waals surface area contributed by atoms with Gasteiger partial charge < -0.3 is 14.5 Å². The summed E-state index contributed by atoms with van der Waals surface area (Å²) in [5.41, 5.74) is 1.43. The van der Waals surface area contributed by atoms with Gasteiger partial charge in [0, 0.05) is 12.0 Å². The van der Waals surface area contributed by atoms with Gasteiger partial charge in [-0.2, -0.15) is 0 Å². The van der Waals surface area contributed by atoms with E-state index < -0.39 is 12.2 Å². The summed E-state index contributed by atoms with van der Waals surface area (Å²) in [7, 11) is 0. The zero-order valence-corrected chi connectivity index (χ0v) is 10.5. The third kappa shape index (κ3) is 2.38. The molecule has 1 aromatic heterocycles. The second-order valence-electron chi connectivity index (χ2n) is 4.69. The first-order valence-electron chi connectivity index (χ1n) is 5.99. The van der Waals surface area contributed by atoms with E-state index in [4.69, 9.17) is 9.63 Å². The molecule has 0 radical (unpaired) electrons. The van der Waals surface area contributed by atoms with Crippen LogP contribution in [0, 0.1) is 13.8 Å². The third-order valence-corrected chi connectivity index (χ3v) is 3.40. The molecule has 1 fully saturated rings. The van der Waals surface area contributed by atoms with E-state index in [1.807, 2.05) is 0 Å². The molecule has 1 amide bonds. The second-order valence-corrected chi connectivity index (χ2v) is 4.69. The molecule has 5 nitrogen and oxygen atoms in total. The fourth-order valence-corrected chi connectivity index (χ4v) is 2.35. The van der Waals surface area contributed by atoms with Crippen LogP contribution in [0.25, 0.3) is 0 Å². The van der Waals surface area contributed by atoms with Crippen LogP contribution in [0.3, 0.4) is 0 Å². The Hall–Kier alpha value is -1.43. The predicted octanol–water partition coefficient (Wildman–Crippen LogP) is 0.765. The lowest BCUT2D eigenvalue weighted by Gasteiger charge is -2.22. The highest BCUT2D eigenvalue weighted by Crippen LogP contribution is 2.22. The van der Waals surface area contributed by atoms with Gasteiger partial charge in [0.25, 0.3) is 0 Å². The van der Waals surface area contributed by atoms with Crippen LogP contribution < -0.4 is 0 Å². The Morgan fingerprint density at radius 1 is 1.61 bits per heavy atom. The van der Waals surface area contributed by atoms with Crippen molar-refractivity contribution in [2.24, 2.45) is 0 Å². The smallest absolute Gasteiger partial charge is 0.227 e. The van der Waals surface area contributed by atoms with E-state index in [-0.39, 0.29) is 31.9 Å². The Balaban J connectivity index is 2.08. The summed E-state index contributed by atoms with van der Waals surface area (Å²) >= 11 is 0. The third-order valence-electron chi connectivity index (χ3n) is 3.40. The SMILES string of the molecule is Cc1noc(C)c1CC(=O)N1C[C@@H](F)C[C@H]1CO. The number of amides is 1. The number of aliphatic hydroxyl groups is 1. The largest absolute Gasteiger partial charge is 0.394 e. The molecule has 2 heterocycles. The number of aliphatic hydroxyl groups excluding tert-OH is 1. The number of likely N-dealkylation sites (tertiary alicyclic amines) is 1. The van der Waals surface area contributed by atoms with Crippen LogP contribution in [0.2, 0.25) is 0 Å². The van der Waals surface area contributed by atoms with Gasteiger partial charge >= 0.3 is 0 Å². The van der Waals surface area contributed by atoms with Gasteiger partial charge in [-0.3, -0.25) is 4.79 Å². The number of alkyl halides is 1. The van der Waals surface area contributed by atoms with Crippen LogP contribution in [-0.2, 0) is 11.2 Å². The number of aromatic nitrogens is 1. The normalized spacial score (nSPS) is 23.7. The monoisotopic (exact) mass is 256 g/mol. The molecular formula is C12H17FN2O3. The van der Waals surface area contributed by atoms with E-state index in [9.17, 15) is 9.18 Å². The minimum atomic E-state index is -1.05.